The fourth-order valence-electron chi connectivity index (χ4n) is 1.83. The number of hydrogen-bond acceptors (Lipinski definition) is 3. The molecule has 1 aromatic carbocycles. The van der Waals surface area contributed by atoms with E-state index in [4.69, 9.17) is 27.0 Å². The summed E-state index contributed by atoms with van der Waals surface area (Å²) in [5.74, 6) is 0.380. The van der Waals surface area contributed by atoms with E-state index in [0.717, 1.165) is 18.4 Å². The lowest BCUT2D eigenvalue weighted by molar-refractivity contribution is 0.253. The Morgan fingerprint density at radius 2 is 2.05 bits per heavy atom. The molecule has 0 saturated carbocycles. The molecule has 0 amide bonds. The Morgan fingerprint density at radius 3 is 2.63 bits per heavy atom. The summed E-state index contributed by atoms with van der Waals surface area (Å²) in [5, 5.41) is 0.523. The van der Waals surface area contributed by atoms with E-state index in [0.29, 0.717) is 17.4 Å². The van der Waals surface area contributed by atoms with Crippen molar-refractivity contribution in [1.29, 1.82) is 0 Å². The first-order valence-electron chi connectivity index (χ1n) is 6.13. The van der Waals surface area contributed by atoms with Crippen LogP contribution in [0.5, 0.6) is 5.75 Å². The minimum atomic E-state index is -3.51. The first kappa shape index (κ1) is 16.6. The molecule has 1 aromatic rings. The highest BCUT2D eigenvalue weighted by Crippen LogP contribution is 2.26. The molecule has 6 heteroatoms. The van der Waals surface area contributed by atoms with Crippen LogP contribution in [-0.2, 0) is 9.05 Å². The molecular formula is C13H18Cl2O3S. The van der Waals surface area contributed by atoms with Gasteiger partial charge in [0.25, 0.3) is 0 Å². The second-order valence-corrected chi connectivity index (χ2v) is 7.83. The Balaban J connectivity index is 2.68. The monoisotopic (exact) mass is 324 g/mol. The van der Waals surface area contributed by atoms with Gasteiger partial charge in [-0.1, -0.05) is 31.0 Å². The van der Waals surface area contributed by atoms with E-state index in [1.165, 1.54) is 0 Å². The van der Waals surface area contributed by atoms with Crippen LogP contribution in [0.4, 0.5) is 0 Å². The fraction of sp³-hybridized carbons (Fsp3) is 0.538. The maximum absolute atomic E-state index is 11.1. The van der Waals surface area contributed by atoms with Crippen molar-refractivity contribution in [3.05, 3.63) is 28.8 Å². The van der Waals surface area contributed by atoms with Crippen molar-refractivity contribution < 1.29 is 13.2 Å². The number of ether oxygens (including phenoxy) is 1. The van der Waals surface area contributed by atoms with Gasteiger partial charge in [-0.2, -0.15) is 0 Å². The molecule has 1 rings (SSSR count). The second-order valence-electron chi connectivity index (χ2n) is 4.61. The van der Waals surface area contributed by atoms with E-state index in [1.54, 1.807) is 6.07 Å². The molecular weight excluding hydrogens is 307 g/mol. The van der Waals surface area contributed by atoms with Gasteiger partial charge in [0.1, 0.15) is 5.75 Å². The van der Waals surface area contributed by atoms with Crippen molar-refractivity contribution in [1.82, 2.24) is 0 Å². The van der Waals surface area contributed by atoms with Crippen LogP contribution in [0.3, 0.4) is 0 Å². The van der Waals surface area contributed by atoms with E-state index in [2.05, 4.69) is 0 Å². The molecule has 0 aromatic heterocycles. The molecule has 19 heavy (non-hydrogen) atoms. The lowest BCUT2D eigenvalue weighted by Crippen LogP contribution is -2.19. The third-order valence-electron chi connectivity index (χ3n) is 2.69. The molecule has 0 heterocycles. The molecule has 108 valence electrons. The standard InChI is InChI=1S/C13H18Cl2O3S/c1-3-4-11(9-19(15,16)17)8-18-13-7-10(2)5-6-12(13)14/h5-7,11H,3-4,8-9H2,1-2H3. The van der Waals surface area contributed by atoms with Crippen molar-refractivity contribution in [3.8, 4) is 5.75 Å². The van der Waals surface area contributed by atoms with Crippen LogP contribution >= 0.6 is 22.3 Å². The minimum Gasteiger partial charge on any atom is -0.492 e. The summed E-state index contributed by atoms with van der Waals surface area (Å²) in [6.45, 7) is 4.23. The van der Waals surface area contributed by atoms with Gasteiger partial charge in [0, 0.05) is 16.6 Å². The average molecular weight is 325 g/mol. The molecule has 0 radical (unpaired) electrons. The molecule has 0 spiro atoms. The summed E-state index contributed by atoms with van der Waals surface area (Å²) in [4.78, 5) is 0. The Bertz CT molecular complexity index is 515. The molecule has 3 nitrogen and oxygen atoms in total. The van der Waals surface area contributed by atoms with Crippen LogP contribution in [0.15, 0.2) is 18.2 Å². The lowest BCUT2D eigenvalue weighted by Gasteiger charge is -2.16. The minimum absolute atomic E-state index is 0.0775. The highest BCUT2D eigenvalue weighted by molar-refractivity contribution is 8.13. The predicted octanol–water partition coefficient (Wildman–Crippen LogP) is 4.01. The normalized spacial score (nSPS) is 13.3. The van der Waals surface area contributed by atoms with Gasteiger partial charge < -0.3 is 4.74 Å². The van der Waals surface area contributed by atoms with Gasteiger partial charge in [-0.25, -0.2) is 8.42 Å². The molecule has 0 aliphatic heterocycles. The maximum Gasteiger partial charge on any atom is 0.232 e. The molecule has 0 bridgehead atoms. The van der Waals surface area contributed by atoms with Gasteiger partial charge in [0.15, 0.2) is 0 Å². The lowest BCUT2D eigenvalue weighted by atomic mass is 10.1. The summed E-state index contributed by atoms with van der Waals surface area (Å²) in [6, 6.07) is 5.49. The maximum atomic E-state index is 11.1. The molecule has 1 unspecified atom stereocenters. The van der Waals surface area contributed by atoms with Gasteiger partial charge in [0.05, 0.1) is 17.4 Å². The van der Waals surface area contributed by atoms with Gasteiger partial charge in [0.2, 0.25) is 9.05 Å². The van der Waals surface area contributed by atoms with Crippen LogP contribution < -0.4 is 4.74 Å². The summed E-state index contributed by atoms with van der Waals surface area (Å²) in [5.41, 5.74) is 1.04. The predicted molar refractivity (Wildman–Crippen MR) is 79.7 cm³/mol. The first-order valence-corrected chi connectivity index (χ1v) is 8.98. The quantitative estimate of drug-likeness (QED) is 0.711. The first-order chi connectivity index (χ1) is 8.81. The van der Waals surface area contributed by atoms with Crippen molar-refractivity contribution >= 4 is 31.3 Å². The van der Waals surface area contributed by atoms with Crippen LogP contribution in [0.1, 0.15) is 25.3 Å². The largest absolute Gasteiger partial charge is 0.492 e. The summed E-state index contributed by atoms with van der Waals surface area (Å²) in [7, 11) is 1.78. The third kappa shape index (κ3) is 6.50. The Hall–Kier alpha value is -0.450. The average Bonchev–Trinajstić information content (AvgIpc) is 2.28. The van der Waals surface area contributed by atoms with Crippen LogP contribution in [0, 0.1) is 12.8 Å². The van der Waals surface area contributed by atoms with E-state index in [1.807, 2.05) is 26.0 Å². The Kier molecular flexibility index (Phi) is 6.43. The number of benzene rings is 1. The van der Waals surface area contributed by atoms with Gasteiger partial charge in [-0.05, 0) is 31.0 Å². The third-order valence-corrected chi connectivity index (χ3v) is 4.25. The molecule has 0 saturated heterocycles. The molecule has 0 N–H and O–H groups in total. The molecule has 0 fully saturated rings. The number of halogens is 2. The summed E-state index contributed by atoms with van der Waals surface area (Å²) >= 11 is 6.02. The topological polar surface area (TPSA) is 43.4 Å². The molecule has 1 atom stereocenters. The summed E-state index contributed by atoms with van der Waals surface area (Å²) in [6.07, 6.45) is 1.62. The summed E-state index contributed by atoms with van der Waals surface area (Å²) < 4.78 is 27.9. The van der Waals surface area contributed by atoms with Gasteiger partial charge in [-0.15, -0.1) is 0 Å². The fourth-order valence-corrected chi connectivity index (χ4v) is 3.37. The SMILES string of the molecule is CCCC(COc1cc(C)ccc1Cl)CS(=O)(=O)Cl. The number of hydrogen-bond donors (Lipinski definition) is 0. The van der Waals surface area contributed by atoms with E-state index >= 15 is 0 Å². The van der Waals surface area contributed by atoms with Crippen LogP contribution in [0.2, 0.25) is 5.02 Å². The van der Waals surface area contributed by atoms with Crippen molar-refractivity contribution in [2.24, 2.45) is 5.92 Å². The van der Waals surface area contributed by atoms with Gasteiger partial charge >= 0.3 is 0 Å². The van der Waals surface area contributed by atoms with Crippen molar-refractivity contribution in [2.45, 2.75) is 26.7 Å². The van der Waals surface area contributed by atoms with E-state index < -0.39 is 9.05 Å². The van der Waals surface area contributed by atoms with Gasteiger partial charge in [-0.3, -0.25) is 0 Å². The smallest absolute Gasteiger partial charge is 0.232 e. The zero-order chi connectivity index (χ0) is 14.5. The number of aryl methyl sites for hydroxylation is 1. The highest BCUT2D eigenvalue weighted by atomic mass is 35.7. The Labute approximate surface area is 124 Å². The van der Waals surface area contributed by atoms with E-state index in [9.17, 15) is 8.42 Å². The Morgan fingerprint density at radius 1 is 1.37 bits per heavy atom. The second kappa shape index (κ2) is 7.36. The van der Waals surface area contributed by atoms with Crippen molar-refractivity contribution in [2.75, 3.05) is 12.4 Å². The number of rotatable bonds is 7. The van der Waals surface area contributed by atoms with Crippen LogP contribution in [0.25, 0.3) is 0 Å². The van der Waals surface area contributed by atoms with Crippen molar-refractivity contribution in [3.63, 3.8) is 0 Å². The molecule has 0 aliphatic carbocycles. The van der Waals surface area contributed by atoms with Crippen LogP contribution in [-0.4, -0.2) is 20.8 Å². The zero-order valence-corrected chi connectivity index (χ0v) is 13.4. The zero-order valence-electron chi connectivity index (χ0n) is 11.0. The van der Waals surface area contributed by atoms with E-state index in [-0.39, 0.29) is 11.7 Å². The molecule has 0 aliphatic rings. The highest BCUT2D eigenvalue weighted by Gasteiger charge is 2.17.